The molecule has 1 rings (SSSR count). The van der Waals surface area contributed by atoms with E-state index in [1.165, 1.54) is 31.2 Å². The molecule has 0 saturated heterocycles. The van der Waals surface area contributed by atoms with Gasteiger partial charge in [0.15, 0.2) is 5.78 Å². The van der Waals surface area contributed by atoms with E-state index in [-0.39, 0.29) is 11.5 Å². The molecular weight excluding hydrogens is 307 g/mol. The van der Waals surface area contributed by atoms with E-state index < -0.39 is 30.8 Å². The highest BCUT2D eigenvalue weighted by molar-refractivity contribution is 5.94. The maximum absolute atomic E-state index is 11.9. The SMILES string of the molecule is CC(=O)c1ccc(OC(=O)C(N)COC(=O)C(F)(F)F)cc1. The molecule has 0 fully saturated rings. The molecule has 1 unspecified atom stereocenters. The molecule has 1 aromatic carbocycles. The van der Waals surface area contributed by atoms with Crippen LogP contribution in [0.1, 0.15) is 17.3 Å². The maximum atomic E-state index is 11.9. The molecule has 1 aromatic rings. The first-order chi connectivity index (χ1) is 10.1. The van der Waals surface area contributed by atoms with Crippen LogP contribution in [-0.2, 0) is 14.3 Å². The third kappa shape index (κ3) is 5.17. The largest absolute Gasteiger partial charge is 0.490 e. The maximum Gasteiger partial charge on any atom is 0.490 e. The highest BCUT2D eigenvalue weighted by atomic mass is 19.4. The zero-order valence-corrected chi connectivity index (χ0v) is 11.3. The highest BCUT2D eigenvalue weighted by Crippen LogP contribution is 2.17. The van der Waals surface area contributed by atoms with Crippen LogP contribution >= 0.6 is 0 Å². The first kappa shape index (κ1) is 17.6. The lowest BCUT2D eigenvalue weighted by atomic mass is 10.1. The van der Waals surface area contributed by atoms with Crippen molar-refractivity contribution in [3.63, 3.8) is 0 Å². The lowest BCUT2D eigenvalue weighted by Crippen LogP contribution is -2.40. The predicted molar refractivity (Wildman–Crippen MR) is 67.1 cm³/mol. The predicted octanol–water partition coefficient (Wildman–Crippen LogP) is 1.23. The quantitative estimate of drug-likeness (QED) is 0.498. The van der Waals surface area contributed by atoms with Crippen molar-refractivity contribution in [3.8, 4) is 5.75 Å². The number of carbonyl (C=O) groups excluding carboxylic acids is 3. The minimum Gasteiger partial charge on any atom is -0.457 e. The number of Topliss-reactive ketones (excluding diaryl/α,β-unsaturated/α-hetero) is 1. The molecule has 0 aliphatic carbocycles. The number of hydrogen-bond donors (Lipinski definition) is 1. The van der Waals surface area contributed by atoms with Gasteiger partial charge >= 0.3 is 18.1 Å². The summed E-state index contributed by atoms with van der Waals surface area (Å²) in [6, 6.07) is 3.88. The van der Waals surface area contributed by atoms with E-state index >= 15 is 0 Å². The van der Waals surface area contributed by atoms with Gasteiger partial charge in [-0.1, -0.05) is 0 Å². The van der Waals surface area contributed by atoms with Gasteiger partial charge < -0.3 is 15.2 Å². The number of ketones is 1. The first-order valence-electron chi connectivity index (χ1n) is 5.93. The molecule has 0 aliphatic heterocycles. The van der Waals surface area contributed by atoms with Crippen LogP contribution in [0.2, 0.25) is 0 Å². The van der Waals surface area contributed by atoms with Crippen LogP contribution in [0.3, 0.4) is 0 Å². The molecule has 0 heterocycles. The van der Waals surface area contributed by atoms with Crippen molar-refractivity contribution >= 4 is 17.7 Å². The van der Waals surface area contributed by atoms with Gasteiger partial charge in [0.1, 0.15) is 18.4 Å². The first-order valence-corrected chi connectivity index (χ1v) is 5.93. The number of hydrogen-bond acceptors (Lipinski definition) is 6. The lowest BCUT2D eigenvalue weighted by Gasteiger charge is -2.12. The second-order valence-corrected chi connectivity index (χ2v) is 4.20. The fourth-order valence-electron chi connectivity index (χ4n) is 1.26. The molecule has 0 aliphatic rings. The average molecular weight is 319 g/mol. The standard InChI is InChI=1S/C13H12F3NO5/c1-7(18)8-2-4-9(5-3-8)22-11(19)10(17)6-21-12(20)13(14,15)16/h2-5,10H,6,17H2,1H3. The van der Waals surface area contributed by atoms with Crippen LogP contribution in [0.25, 0.3) is 0 Å². The number of nitrogens with two attached hydrogens (primary N) is 1. The summed E-state index contributed by atoms with van der Waals surface area (Å²) in [5, 5.41) is 0. The van der Waals surface area contributed by atoms with Gasteiger partial charge in [-0.2, -0.15) is 13.2 Å². The Balaban J connectivity index is 2.54. The zero-order valence-electron chi connectivity index (χ0n) is 11.3. The molecule has 0 bridgehead atoms. The lowest BCUT2D eigenvalue weighted by molar-refractivity contribution is -0.200. The number of rotatable bonds is 5. The normalized spacial score (nSPS) is 12.4. The third-order valence-corrected chi connectivity index (χ3v) is 2.41. The Labute approximate surface area is 123 Å². The monoisotopic (exact) mass is 319 g/mol. The van der Waals surface area contributed by atoms with E-state index in [0.29, 0.717) is 5.56 Å². The third-order valence-electron chi connectivity index (χ3n) is 2.41. The van der Waals surface area contributed by atoms with E-state index in [4.69, 9.17) is 10.5 Å². The molecule has 9 heteroatoms. The molecule has 2 N–H and O–H groups in total. The number of ether oxygens (including phenoxy) is 2. The Hall–Kier alpha value is -2.42. The highest BCUT2D eigenvalue weighted by Gasteiger charge is 2.41. The molecule has 120 valence electrons. The second kappa shape index (κ2) is 7.03. The minimum absolute atomic E-state index is 0.0487. The Bertz CT molecular complexity index is 568. The van der Waals surface area contributed by atoms with Gasteiger partial charge in [0.25, 0.3) is 0 Å². The Morgan fingerprint density at radius 3 is 2.18 bits per heavy atom. The summed E-state index contributed by atoms with van der Waals surface area (Å²) in [6.45, 7) is 0.384. The molecule has 0 saturated carbocycles. The molecule has 6 nitrogen and oxygen atoms in total. The number of halogens is 3. The van der Waals surface area contributed by atoms with Crippen LogP contribution in [-0.4, -0.2) is 36.5 Å². The van der Waals surface area contributed by atoms with E-state index in [1.807, 2.05) is 0 Å². The van der Waals surface area contributed by atoms with Crippen molar-refractivity contribution in [1.82, 2.24) is 0 Å². The number of alkyl halides is 3. The van der Waals surface area contributed by atoms with E-state index in [2.05, 4.69) is 4.74 Å². The van der Waals surface area contributed by atoms with Crippen LogP contribution in [0, 0.1) is 0 Å². The van der Waals surface area contributed by atoms with Gasteiger partial charge in [-0.15, -0.1) is 0 Å². The van der Waals surface area contributed by atoms with Gasteiger partial charge in [-0.05, 0) is 31.2 Å². The Kier molecular flexibility index (Phi) is 5.63. The fourth-order valence-corrected chi connectivity index (χ4v) is 1.26. The van der Waals surface area contributed by atoms with Crippen molar-refractivity contribution in [2.45, 2.75) is 19.1 Å². The van der Waals surface area contributed by atoms with Crippen LogP contribution in [0.15, 0.2) is 24.3 Å². The van der Waals surface area contributed by atoms with Gasteiger partial charge in [-0.3, -0.25) is 4.79 Å². The van der Waals surface area contributed by atoms with Crippen LogP contribution < -0.4 is 10.5 Å². The summed E-state index contributed by atoms with van der Waals surface area (Å²) in [7, 11) is 0. The van der Waals surface area contributed by atoms with Crippen molar-refractivity contribution in [3.05, 3.63) is 29.8 Å². The van der Waals surface area contributed by atoms with E-state index in [1.54, 1.807) is 0 Å². The fraction of sp³-hybridized carbons (Fsp3) is 0.308. The molecule has 22 heavy (non-hydrogen) atoms. The van der Waals surface area contributed by atoms with Gasteiger partial charge in [-0.25, -0.2) is 9.59 Å². The second-order valence-electron chi connectivity index (χ2n) is 4.20. The summed E-state index contributed by atoms with van der Waals surface area (Å²) in [5.74, 6) is -3.66. The van der Waals surface area contributed by atoms with Gasteiger partial charge in [0.05, 0.1) is 0 Å². The van der Waals surface area contributed by atoms with E-state index in [0.717, 1.165) is 0 Å². The van der Waals surface area contributed by atoms with E-state index in [9.17, 15) is 27.6 Å². The molecule has 0 amide bonds. The number of carbonyl (C=O) groups is 3. The van der Waals surface area contributed by atoms with Crippen molar-refractivity contribution in [2.75, 3.05) is 6.61 Å². The number of esters is 2. The number of benzene rings is 1. The van der Waals surface area contributed by atoms with Crippen LogP contribution in [0.5, 0.6) is 5.75 Å². The topological polar surface area (TPSA) is 95.7 Å². The zero-order chi connectivity index (χ0) is 16.9. The molecule has 1 atom stereocenters. The smallest absolute Gasteiger partial charge is 0.457 e. The van der Waals surface area contributed by atoms with Crippen LogP contribution in [0.4, 0.5) is 13.2 Å². The molecular formula is C13H12F3NO5. The summed E-state index contributed by atoms with van der Waals surface area (Å²) in [4.78, 5) is 33.0. The van der Waals surface area contributed by atoms with Crippen molar-refractivity contribution in [2.24, 2.45) is 5.73 Å². The Morgan fingerprint density at radius 1 is 1.18 bits per heavy atom. The molecule has 0 radical (unpaired) electrons. The molecule has 0 spiro atoms. The Morgan fingerprint density at radius 2 is 1.73 bits per heavy atom. The summed E-state index contributed by atoms with van der Waals surface area (Å²) in [5.41, 5.74) is 5.65. The average Bonchev–Trinajstić information content (AvgIpc) is 2.43. The summed E-state index contributed by atoms with van der Waals surface area (Å²) in [6.07, 6.45) is -5.16. The van der Waals surface area contributed by atoms with Crippen molar-refractivity contribution in [1.29, 1.82) is 0 Å². The van der Waals surface area contributed by atoms with Gasteiger partial charge in [0, 0.05) is 5.56 Å². The summed E-state index contributed by atoms with van der Waals surface area (Å²) >= 11 is 0. The molecule has 0 aromatic heterocycles. The van der Waals surface area contributed by atoms with Gasteiger partial charge in [0.2, 0.25) is 0 Å². The van der Waals surface area contributed by atoms with Crippen molar-refractivity contribution < 1.29 is 37.0 Å². The summed E-state index contributed by atoms with van der Waals surface area (Å²) < 4.78 is 44.3. The minimum atomic E-state index is -5.16.